The zero-order chi connectivity index (χ0) is 10.4. The van der Waals surface area contributed by atoms with Gasteiger partial charge in [0.25, 0.3) is 5.56 Å². The van der Waals surface area contributed by atoms with Crippen LogP contribution in [0.4, 0.5) is 5.69 Å². The SMILES string of the molecule is C#CCCCNc1cn[nH]c(=O)c1Br. The highest BCUT2D eigenvalue weighted by Crippen LogP contribution is 2.14. The molecule has 1 rings (SSSR count). The molecule has 0 radical (unpaired) electrons. The van der Waals surface area contributed by atoms with E-state index in [2.05, 4.69) is 37.4 Å². The molecule has 0 saturated carbocycles. The summed E-state index contributed by atoms with van der Waals surface area (Å²) in [5.41, 5.74) is 0.442. The van der Waals surface area contributed by atoms with E-state index in [-0.39, 0.29) is 5.56 Å². The van der Waals surface area contributed by atoms with E-state index in [1.807, 2.05) is 0 Å². The Labute approximate surface area is 90.2 Å². The Kier molecular flexibility index (Phi) is 4.20. The molecule has 0 aliphatic heterocycles. The zero-order valence-electron chi connectivity index (χ0n) is 7.51. The van der Waals surface area contributed by atoms with Crippen LogP contribution >= 0.6 is 15.9 Å². The lowest BCUT2D eigenvalue weighted by Crippen LogP contribution is -2.12. The number of rotatable bonds is 4. The smallest absolute Gasteiger partial charge is 0.280 e. The Morgan fingerprint density at radius 3 is 3.21 bits per heavy atom. The summed E-state index contributed by atoms with van der Waals surface area (Å²) in [6, 6.07) is 0. The van der Waals surface area contributed by atoms with Crippen molar-refractivity contribution in [3.63, 3.8) is 0 Å². The molecule has 14 heavy (non-hydrogen) atoms. The highest BCUT2D eigenvalue weighted by molar-refractivity contribution is 9.10. The molecule has 74 valence electrons. The maximum Gasteiger partial charge on any atom is 0.280 e. The summed E-state index contributed by atoms with van der Waals surface area (Å²) in [5, 5.41) is 9.05. The minimum Gasteiger partial charge on any atom is -0.383 e. The number of hydrogen-bond donors (Lipinski definition) is 2. The molecular formula is C9H10BrN3O. The highest BCUT2D eigenvalue weighted by atomic mass is 79.9. The Bertz CT molecular complexity index is 394. The number of aromatic amines is 1. The molecular weight excluding hydrogens is 246 g/mol. The van der Waals surface area contributed by atoms with E-state index in [4.69, 9.17) is 6.42 Å². The summed E-state index contributed by atoms with van der Waals surface area (Å²) in [6.45, 7) is 0.730. The molecule has 5 heteroatoms. The van der Waals surface area contributed by atoms with Crippen molar-refractivity contribution < 1.29 is 0 Å². The van der Waals surface area contributed by atoms with E-state index in [0.717, 1.165) is 19.4 Å². The highest BCUT2D eigenvalue weighted by Gasteiger charge is 2.02. The number of halogens is 1. The third kappa shape index (κ3) is 2.89. The summed E-state index contributed by atoms with van der Waals surface area (Å²) in [5.74, 6) is 2.54. The summed E-state index contributed by atoms with van der Waals surface area (Å²) in [6.07, 6.45) is 8.26. The van der Waals surface area contributed by atoms with Crippen LogP contribution in [0.3, 0.4) is 0 Å². The molecule has 0 aliphatic carbocycles. The van der Waals surface area contributed by atoms with Crippen molar-refractivity contribution in [3.05, 3.63) is 21.0 Å². The summed E-state index contributed by atoms with van der Waals surface area (Å²) < 4.78 is 0.466. The van der Waals surface area contributed by atoms with Gasteiger partial charge < -0.3 is 5.32 Å². The molecule has 0 fully saturated rings. The summed E-state index contributed by atoms with van der Waals surface area (Å²) in [7, 11) is 0. The van der Waals surface area contributed by atoms with Crippen LogP contribution in [0.15, 0.2) is 15.5 Å². The Balaban J connectivity index is 2.56. The van der Waals surface area contributed by atoms with Crippen molar-refractivity contribution in [3.8, 4) is 12.3 Å². The van der Waals surface area contributed by atoms with Gasteiger partial charge in [-0.1, -0.05) is 0 Å². The van der Waals surface area contributed by atoms with Gasteiger partial charge >= 0.3 is 0 Å². The van der Waals surface area contributed by atoms with Crippen LogP contribution in [0.2, 0.25) is 0 Å². The molecule has 4 nitrogen and oxygen atoms in total. The van der Waals surface area contributed by atoms with Crippen LogP contribution in [0.5, 0.6) is 0 Å². The molecule has 0 unspecified atom stereocenters. The van der Waals surface area contributed by atoms with Gasteiger partial charge in [0, 0.05) is 13.0 Å². The van der Waals surface area contributed by atoms with Crippen molar-refractivity contribution in [2.24, 2.45) is 0 Å². The van der Waals surface area contributed by atoms with E-state index in [1.54, 1.807) is 6.20 Å². The van der Waals surface area contributed by atoms with Gasteiger partial charge in [0.2, 0.25) is 0 Å². The minimum absolute atomic E-state index is 0.244. The first-order valence-electron chi connectivity index (χ1n) is 4.16. The van der Waals surface area contributed by atoms with Gasteiger partial charge in [0.05, 0.1) is 11.9 Å². The van der Waals surface area contributed by atoms with E-state index >= 15 is 0 Å². The van der Waals surface area contributed by atoms with Crippen molar-refractivity contribution in [1.82, 2.24) is 10.2 Å². The number of anilines is 1. The molecule has 0 aliphatic rings. The van der Waals surface area contributed by atoms with Gasteiger partial charge in [-0.05, 0) is 22.4 Å². The molecule has 1 aromatic rings. The third-order valence-corrected chi connectivity index (χ3v) is 2.40. The number of nitrogens with one attached hydrogen (secondary N) is 2. The fourth-order valence-corrected chi connectivity index (χ4v) is 1.25. The second kappa shape index (κ2) is 5.45. The van der Waals surface area contributed by atoms with Gasteiger partial charge in [-0.15, -0.1) is 12.3 Å². The van der Waals surface area contributed by atoms with Crippen LogP contribution in [-0.4, -0.2) is 16.7 Å². The van der Waals surface area contributed by atoms with Crippen LogP contribution < -0.4 is 10.9 Å². The van der Waals surface area contributed by atoms with E-state index < -0.39 is 0 Å². The quantitative estimate of drug-likeness (QED) is 0.631. The number of aromatic nitrogens is 2. The number of nitrogens with zero attached hydrogens (tertiary/aromatic N) is 1. The third-order valence-electron chi connectivity index (χ3n) is 1.61. The molecule has 0 amide bonds. The lowest BCUT2D eigenvalue weighted by Gasteiger charge is -2.05. The summed E-state index contributed by atoms with van der Waals surface area (Å²) in [4.78, 5) is 11.1. The minimum atomic E-state index is -0.244. The maximum absolute atomic E-state index is 11.1. The fourth-order valence-electron chi connectivity index (χ4n) is 0.920. The Hall–Kier alpha value is -1.28. The zero-order valence-corrected chi connectivity index (χ0v) is 9.10. The lowest BCUT2D eigenvalue weighted by molar-refractivity contribution is 0.897. The van der Waals surface area contributed by atoms with E-state index in [1.165, 1.54) is 0 Å². The summed E-state index contributed by atoms with van der Waals surface area (Å²) >= 11 is 3.16. The maximum atomic E-state index is 11.1. The molecule has 0 bridgehead atoms. The Morgan fingerprint density at radius 2 is 2.50 bits per heavy atom. The average Bonchev–Trinajstić information content (AvgIpc) is 2.19. The van der Waals surface area contributed by atoms with Crippen molar-refractivity contribution in [1.29, 1.82) is 0 Å². The van der Waals surface area contributed by atoms with Crippen molar-refractivity contribution >= 4 is 21.6 Å². The number of terminal acetylenes is 1. The van der Waals surface area contributed by atoms with Crippen molar-refractivity contribution in [2.45, 2.75) is 12.8 Å². The van der Waals surface area contributed by atoms with Crippen LogP contribution in [0.25, 0.3) is 0 Å². The van der Waals surface area contributed by atoms with Gasteiger partial charge in [0.15, 0.2) is 0 Å². The predicted molar refractivity (Wildman–Crippen MR) is 59.1 cm³/mol. The first-order chi connectivity index (χ1) is 6.75. The fraction of sp³-hybridized carbons (Fsp3) is 0.333. The number of unbranched alkanes of at least 4 members (excludes halogenated alkanes) is 1. The van der Waals surface area contributed by atoms with Crippen LogP contribution in [0, 0.1) is 12.3 Å². The van der Waals surface area contributed by atoms with Crippen LogP contribution in [0.1, 0.15) is 12.8 Å². The largest absolute Gasteiger partial charge is 0.383 e. The molecule has 0 spiro atoms. The molecule has 0 aromatic carbocycles. The molecule has 0 saturated heterocycles. The van der Waals surface area contributed by atoms with Crippen LogP contribution in [-0.2, 0) is 0 Å². The standard InChI is InChI=1S/C9H10BrN3O/c1-2-3-4-5-11-7-6-12-13-9(14)8(7)10/h1,6H,3-5H2,(H2,11,13,14). The molecule has 0 atom stereocenters. The second-order valence-electron chi connectivity index (χ2n) is 2.66. The molecule has 2 N–H and O–H groups in total. The van der Waals surface area contributed by atoms with Crippen molar-refractivity contribution in [2.75, 3.05) is 11.9 Å². The predicted octanol–water partition coefficient (Wildman–Crippen LogP) is 1.36. The first kappa shape index (κ1) is 10.8. The van der Waals surface area contributed by atoms with Gasteiger partial charge in [-0.2, -0.15) is 5.10 Å². The average molecular weight is 256 g/mol. The second-order valence-corrected chi connectivity index (χ2v) is 3.45. The number of H-pyrrole nitrogens is 1. The molecule has 1 heterocycles. The first-order valence-corrected chi connectivity index (χ1v) is 4.95. The Morgan fingerprint density at radius 1 is 1.71 bits per heavy atom. The van der Waals surface area contributed by atoms with Gasteiger partial charge in [0.1, 0.15) is 4.47 Å². The molecule has 1 aromatic heterocycles. The topological polar surface area (TPSA) is 57.8 Å². The van der Waals surface area contributed by atoms with Gasteiger partial charge in [-0.3, -0.25) is 4.79 Å². The number of hydrogen-bond acceptors (Lipinski definition) is 3. The van der Waals surface area contributed by atoms with E-state index in [0.29, 0.717) is 10.2 Å². The normalized spacial score (nSPS) is 9.43. The van der Waals surface area contributed by atoms with Gasteiger partial charge in [-0.25, -0.2) is 5.10 Å². The lowest BCUT2D eigenvalue weighted by atomic mass is 10.3. The monoisotopic (exact) mass is 255 g/mol. The van der Waals surface area contributed by atoms with E-state index in [9.17, 15) is 4.79 Å².